The van der Waals surface area contributed by atoms with Crippen molar-refractivity contribution in [2.75, 3.05) is 20.3 Å². The van der Waals surface area contributed by atoms with E-state index < -0.39 is 0 Å². The molecule has 1 aliphatic carbocycles. The fraction of sp³-hybridized carbons (Fsp3) is 1.00. The van der Waals surface area contributed by atoms with E-state index in [1.807, 2.05) is 0 Å². The van der Waals surface area contributed by atoms with Gasteiger partial charge in [-0.2, -0.15) is 0 Å². The maximum Gasteiger partial charge on any atom is 0.0462 e. The average molecular weight is 213 g/mol. The molecule has 0 heterocycles. The summed E-state index contributed by atoms with van der Waals surface area (Å²) in [5.74, 6) is 1.07. The summed E-state index contributed by atoms with van der Waals surface area (Å²) in [6.07, 6.45) is 9.49. The molecule has 0 radical (unpaired) electrons. The van der Waals surface area contributed by atoms with Crippen molar-refractivity contribution in [3.05, 3.63) is 0 Å². The minimum absolute atomic E-state index is 0.737. The van der Waals surface area contributed by atoms with Crippen molar-refractivity contribution in [2.24, 2.45) is 5.92 Å². The zero-order valence-electron chi connectivity index (χ0n) is 10.4. The topological polar surface area (TPSA) is 21.3 Å². The molecule has 1 unspecified atom stereocenters. The van der Waals surface area contributed by atoms with Crippen LogP contribution in [0, 0.1) is 5.92 Å². The molecule has 1 saturated carbocycles. The summed E-state index contributed by atoms with van der Waals surface area (Å²) in [5, 5.41) is 3.66. The largest absolute Gasteiger partial charge is 0.385 e. The highest BCUT2D eigenvalue weighted by Crippen LogP contribution is 2.34. The van der Waals surface area contributed by atoms with Crippen LogP contribution in [0.2, 0.25) is 0 Å². The Morgan fingerprint density at radius 3 is 2.73 bits per heavy atom. The van der Waals surface area contributed by atoms with Gasteiger partial charge in [0.05, 0.1) is 0 Å². The highest BCUT2D eigenvalue weighted by atomic mass is 16.5. The molecule has 1 aliphatic rings. The first-order valence-electron chi connectivity index (χ1n) is 6.59. The molecule has 0 aromatic heterocycles. The van der Waals surface area contributed by atoms with Crippen molar-refractivity contribution in [3.63, 3.8) is 0 Å². The summed E-state index contributed by atoms with van der Waals surface area (Å²) in [4.78, 5) is 0. The first-order valence-corrected chi connectivity index (χ1v) is 6.59. The van der Waals surface area contributed by atoms with Gasteiger partial charge in [0, 0.05) is 19.8 Å². The predicted molar refractivity (Wildman–Crippen MR) is 65.1 cm³/mol. The maximum atomic E-state index is 5.11. The average Bonchev–Trinajstić information content (AvgIpc) is 3.05. The van der Waals surface area contributed by atoms with Crippen LogP contribution in [0.5, 0.6) is 0 Å². The van der Waals surface area contributed by atoms with E-state index in [1.165, 1.54) is 51.5 Å². The van der Waals surface area contributed by atoms with Gasteiger partial charge in [0.25, 0.3) is 0 Å². The van der Waals surface area contributed by atoms with Crippen molar-refractivity contribution >= 4 is 0 Å². The van der Waals surface area contributed by atoms with Crippen molar-refractivity contribution in [1.82, 2.24) is 5.32 Å². The van der Waals surface area contributed by atoms with Gasteiger partial charge < -0.3 is 10.1 Å². The molecule has 0 amide bonds. The van der Waals surface area contributed by atoms with E-state index in [4.69, 9.17) is 4.74 Å². The minimum atomic E-state index is 0.737. The molecule has 0 aromatic carbocycles. The molecule has 90 valence electrons. The van der Waals surface area contributed by atoms with Gasteiger partial charge in [-0.25, -0.2) is 0 Å². The lowest BCUT2D eigenvalue weighted by molar-refractivity contribution is 0.187. The second kappa shape index (κ2) is 8.12. The van der Waals surface area contributed by atoms with E-state index >= 15 is 0 Å². The van der Waals surface area contributed by atoms with Crippen LogP contribution < -0.4 is 5.32 Å². The number of hydrogen-bond acceptors (Lipinski definition) is 2. The van der Waals surface area contributed by atoms with Crippen LogP contribution in [-0.2, 0) is 4.74 Å². The molecule has 0 bridgehead atoms. The molecule has 0 aromatic rings. The molecule has 1 rings (SSSR count). The van der Waals surface area contributed by atoms with Gasteiger partial charge in [0.2, 0.25) is 0 Å². The lowest BCUT2D eigenvalue weighted by Gasteiger charge is -2.18. The third-order valence-electron chi connectivity index (χ3n) is 3.20. The van der Waals surface area contributed by atoms with E-state index in [1.54, 1.807) is 7.11 Å². The van der Waals surface area contributed by atoms with Crippen molar-refractivity contribution in [2.45, 2.75) is 57.9 Å². The summed E-state index contributed by atoms with van der Waals surface area (Å²) in [5.41, 5.74) is 0. The molecule has 1 fully saturated rings. The van der Waals surface area contributed by atoms with E-state index in [9.17, 15) is 0 Å². The van der Waals surface area contributed by atoms with Gasteiger partial charge in [0.15, 0.2) is 0 Å². The Hall–Kier alpha value is -0.0800. The monoisotopic (exact) mass is 213 g/mol. The van der Waals surface area contributed by atoms with E-state index in [0.29, 0.717) is 0 Å². The molecule has 1 atom stereocenters. The smallest absolute Gasteiger partial charge is 0.0462 e. The number of methoxy groups -OCH3 is 1. The quantitative estimate of drug-likeness (QED) is 0.563. The third kappa shape index (κ3) is 6.91. The van der Waals surface area contributed by atoms with E-state index in [0.717, 1.165) is 18.6 Å². The molecule has 1 N–H and O–H groups in total. The van der Waals surface area contributed by atoms with Crippen LogP contribution in [0.25, 0.3) is 0 Å². The van der Waals surface area contributed by atoms with Gasteiger partial charge >= 0.3 is 0 Å². The van der Waals surface area contributed by atoms with Crippen LogP contribution in [0.4, 0.5) is 0 Å². The summed E-state index contributed by atoms with van der Waals surface area (Å²) in [7, 11) is 1.79. The number of hydrogen-bond donors (Lipinski definition) is 1. The standard InChI is InChI=1S/C13H27NO/c1-3-10-14-13(5-4-11-15-2)9-8-12-6-7-12/h12-14H,3-11H2,1-2H3. The molecule has 0 spiro atoms. The van der Waals surface area contributed by atoms with Crippen LogP contribution in [-0.4, -0.2) is 26.3 Å². The van der Waals surface area contributed by atoms with Gasteiger partial charge in [-0.15, -0.1) is 0 Å². The fourth-order valence-corrected chi connectivity index (χ4v) is 2.01. The number of nitrogens with one attached hydrogen (secondary N) is 1. The fourth-order valence-electron chi connectivity index (χ4n) is 2.01. The van der Waals surface area contributed by atoms with E-state index in [2.05, 4.69) is 12.2 Å². The first kappa shape index (κ1) is 13.0. The van der Waals surface area contributed by atoms with Crippen LogP contribution in [0.3, 0.4) is 0 Å². The number of rotatable bonds is 10. The Morgan fingerprint density at radius 1 is 1.33 bits per heavy atom. The zero-order chi connectivity index (χ0) is 10.9. The molecule has 2 nitrogen and oxygen atoms in total. The Balaban J connectivity index is 2.05. The molecular weight excluding hydrogens is 186 g/mol. The SMILES string of the molecule is CCCNC(CCCOC)CCC1CC1. The number of ether oxygens (including phenoxy) is 1. The molecule has 2 heteroatoms. The van der Waals surface area contributed by atoms with Gasteiger partial charge in [-0.3, -0.25) is 0 Å². The summed E-state index contributed by atoms with van der Waals surface area (Å²) >= 11 is 0. The summed E-state index contributed by atoms with van der Waals surface area (Å²) in [6.45, 7) is 4.32. The summed E-state index contributed by atoms with van der Waals surface area (Å²) < 4.78 is 5.11. The second-order valence-electron chi connectivity index (χ2n) is 4.81. The molecule has 15 heavy (non-hydrogen) atoms. The molecule has 0 saturated heterocycles. The lowest BCUT2D eigenvalue weighted by Crippen LogP contribution is -2.30. The third-order valence-corrected chi connectivity index (χ3v) is 3.20. The minimum Gasteiger partial charge on any atom is -0.385 e. The Kier molecular flexibility index (Phi) is 7.03. The highest BCUT2D eigenvalue weighted by molar-refractivity contribution is 4.76. The van der Waals surface area contributed by atoms with Crippen molar-refractivity contribution in [3.8, 4) is 0 Å². The van der Waals surface area contributed by atoms with Crippen molar-refractivity contribution in [1.29, 1.82) is 0 Å². The van der Waals surface area contributed by atoms with Gasteiger partial charge in [0.1, 0.15) is 0 Å². The van der Waals surface area contributed by atoms with Crippen LogP contribution in [0.15, 0.2) is 0 Å². The molecular formula is C13H27NO. The lowest BCUT2D eigenvalue weighted by atomic mass is 10.0. The Labute approximate surface area is 94.8 Å². The zero-order valence-corrected chi connectivity index (χ0v) is 10.4. The maximum absolute atomic E-state index is 5.11. The Morgan fingerprint density at radius 2 is 2.13 bits per heavy atom. The van der Waals surface area contributed by atoms with Gasteiger partial charge in [-0.1, -0.05) is 19.8 Å². The van der Waals surface area contributed by atoms with Crippen molar-refractivity contribution < 1.29 is 4.74 Å². The first-order chi connectivity index (χ1) is 7.36. The highest BCUT2D eigenvalue weighted by Gasteiger charge is 2.22. The Bertz CT molecular complexity index is 145. The predicted octanol–water partition coefficient (Wildman–Crippen LogP) is 2.97. The summed E-state index contributed by atoms with van der Waals surface area (Å²) in [6, 6.07) is 0.737. The molecule has 0 aliphatic heterocycles. The van der Waals surface area contributed by atoms with Crippen LogP contribution in [0.1, 0.15) is 51.9 Å². The van der Waals surface area contributed by atoms with Gasteiger partial charge in [-0.05, 0) is 44.6 Å². The van der Waals surface area contributed by atoms with E-state index in [-0.39, 0.29) is 0 Å². The van der Waals surface area contributed by atoms with Crippen LogP contribution >= 0.6 is 0 Å². The second-order valence-corrected chi connectivity index (χ2v) is 4.81. The normalized spacial score (nSPS) is 18.0.